The third-order valence-corrected chi connectivity index (χ3v) is 0.704. The minimum absolute atomic E-state index is 0.731. The smallest absolute Gasteiger partial charge is 0.261 e. The summed E-state index contributed by atoms with van der Waals surface area (Å²) in [5.74, 6) is -0.762. The van der Waals surface area contributed by atoms with Crippen molar-refractivity contribution in [3.8, 4) is 0 Å². The molecule has 1 radical (unpaired) electrons. The Balaban J connectivity index is 3.26. The van der Waals surface area contributed by atoms with Crippen molar-refractivity contribution >= 4 is 31.2 Å². The number of nitrogens with one attached hydrogen (secondary N) is 1. The second-order valence-electron chi connectivity index (χ2n) is 0.738. The fraction of sp³-hybridized carbons (Fsp3) is 0.500. The van der Waals surface area contributed by atoms with Crippen molar-refractivity contribution in [2.75, 3.05) is 0 Å². The van der Waals surface area contributed by atoms with E-state index in [0.717, 1.165) is 0 Å². The standard InChI is InChI=1S/C2H4NOS2/c3-1(4)2(5)6/h2-3,5-6H. The van der Waals surface area contributed by atoms with Crippen LogP contribution in [0.1, 0.15) is 0 Å². The van der Waals surface area contributed by atoms with E-state index >= 15 is 0 Å². The van der Waals surface area contributed by atoms with E-state index in [1.165, 1.54) is 0 Å². The SMILES string of the molecule is [NH]C(=O)C(S)S. The van der Waals surface area contributed by atoms with Crippen LogP contribution in [-0.4, -0.2) is 10.5 Å². The molecular weight excluding hydrogens is 118 g/mol. The largest absolute Gasteiger partial charge is 0.271 e. The zero-order valence-electron chi connectivity index (χ0n) is 2.88. The molecule has 4 heteroatoms. The Bertz CT molecular complexity index is 62.6. The van der Waals surface area contributed by atoms with Gasteiger partial charge in [-0.25, -0.2) is 0 Å². The van der Waals surface area contributed by atoms with E-state index in [1.54, 1.807) is 0 Å². The fourth-order valence-electron chi connectivity index (χ4n) is 0. The molecule has 0 aliphatic carbocycles. The Morgan fingerprint density at radius 3 is 1.83 bits per heavy atom. The normalized spacial score (nSPS) is 9.17. The highest BCUT2D eigenvalue weighted by molar-refractivity contribution is 8.00. The van der Waals surface area contributed by atoms with Crippen molar-refractivity contribution in [1.29, 1.82) is 0 Å². The maximum absolute atomic E-state index is 9.66. The predicted octanol–water partition coefficient (Wildman–Crippen LogP) is -0.0184. The topological polar surface area (TPSA) is 40.9 Å². The van der Waals surface area contributed by atoms with Crippen molar-refractivity contribution in [3.05, 3.63) is 0 Å². The van der Waals surface area contributed by atoms with Gasteiger partial charge in [0, 0.05) is 0 Å². The van der Waals surface area contributed by atoms with Crippen molar-refractivity contribution in [1.82, 2.24) is 5.73 Å². The number of carbonyl (C=O) groups is 1. The van der Waals surface area contributed by atoms with Crippen LogP contribution in [0.5, 0.6) is 0 Å². The highest BCUT2D eigenvalue weighted by Gasteiger charge is 1.99. The first kappa shape index (κ1) is 6.17. The molecule has 0 spiro atoms. The molecule has 35 valence electrons. The Labute approximate surface area is 46.9 Å². The van der Waals surface area contributed by atoms with Crippen LogP contribution in [0.25, 0.3) is 0 Å². The Hall–Kier alpha value is 0.170. The van der Waals surface area contributed by atoms with Gasteiger partial charge in [-0.3, -0.25) is 10.5 Å². The summed E-state index contributed by atoms with van der Waals surface area (Å²) in [5.41, 5.74) is 6.24. The molecule has 0 unspecified atom stereocenters. The van der Waals surface area contributed by atoms with Gasteiger partial charge in [0.05, 0.1) is 0 Å². The summed E-state index contributed by atoms with van der Waals surface area (Å²) in [4.78, 5) is 9.66. The summed E-state index contributed by atoms with van der Waals surface area (Å²) in [6.07, 6.45) is 0. The number of hydrogen-bond acceptors (Lipinski definition) is 3. The summed E-state index contributed by atoms with van der Waals surface area (Å²) >= 11 is 7.04. The van der Waals surface area contributed by atoms with Gasteiger partial charge >= 0.3 is 0 Å². The second kappa shape index (κ2) is 2.36. The van der Waals surface area contributed by atoms with Crippen LogP contribution in [0, 0.1) is 0 Å². The summed E-state index contributed by atoms with van der Waals surface area (Å²) in [6.45, 7) is 0. The summed E-state index contributed by atoms with van der Waals surface area (Å²) in [7, 11) is 0. The van der Waals surface area contributed by atoms with E-state index in [4.69, 9.17) is 5.73 Å². The molecule has 0 rings (SSSR count). The molecule has 0 aromatic rings. The lowest BCUT2D eigenvalue weighted by Crippen LogP contribution is -2.06. The van der Waals surface area contributed by atoms with Crippen LogP contribution >= 0.6 is 25.3 Å². The maximum atomic E-state index is 9.66. The van der Waals surface area contributed by atoms with Crippen LogP contribution in [0.3, 0.4) is 0 Å². The first-order valence-corrected chi connectivity index (χ1v) is 2.29. The molecule has 0 heterocycles. The molecule has 0 saturated carbocycles. The Morgan fingerprint density at radius 1 is 1.67 bits per heavy atom. The van der Waals surface area contributed by atoms with Crippen molar-refractivity contribution in [3.63, 3.8) is 0 Å². The van der Waals surface area contributed by atoms with E-state index in [2.05, 4.69) is 25.3 Å². The quantitative estimate of drug-likeness (QED) is 0.372. The van der Waals surface area contributed by atoms with Crippen molar-refractivity contribution in [2.24, 2.45) is 0 Å². The molecule has 0 atom stereocenters. The summed E-state index contributed by atoms with van der Waals surface area (Å²) in [6, 6.07) is 0. The molecule has 2 nitrogen and oxygen atoms in total. The van der Waals surface area contributed by atoms with Gasteiger partial charge in [0.2, 0.25) is 0 Å². The minimum Gasteiger partial charge on any atom is -0.271 e. The van der Waals surface area contributed by atoms with Crippen molar-refractivity contribution in [2.45, 2.75) is 4.58 Å². The van der Waals surface area contributed by atoms with Gasteiger partial charge in [0.1, 0.15) is 4.58 Å². The molecule has 0 saturated heterocycles. The number of carbonyl (C=O) groups excluding carboxylic acids is 1. The third-order valence-electron chi connectivity index (χ3n) is 0.235. The average molecular weight is 122 g/mol. The molecule has 1 N–H and O–H groups in total. The minimum atomic E-state index is -0.762. The average Bonchev–Trinajstić information content (AvgIpc) is 1.36. The molecule has 0 fully saturated rings. The number of amides is 1. The molecule has 0 aliphatic heterocycles. The molecule has 0 aromatic carbocycles. The lowest BCUT2D eigenvalue weighted by atomic mass is 10.8. The van der Waals surface area contributed by atoms with E-state index in [-0.39, 0.29) is 0 Å². The maximum Gasteiger partial charge on any atom is 0.261 e. The van der Waals surface area contributed by atoms with Crippen molar-refractivity contribution < 1.29 is 4.79 Å². The van der Waals surface area contributed by atoms with Gasteiger partial charge in [-0.15, -0.1) is 0 Å². The molecular formula is C2H4NOS2. The van der Waals surface area contributed by atoms with E-state index in [0.29, 0.717) is 0 Å². The molecule has 0 aromatic heterocycles. The van der Waals surface area contributed by atoms with Gasteiger partial charge in [0.15, 0.2) is 0 Å². The first-order valence-electron chi connectivity index (χ1n) is 1.26. The monoisotopic (exact) mass is 122 g/mol. The first-order chi connectivity index (χ1) is 2.64. The fourth-order valence-corrected chi connectivity index (χ4v) is 0. The number of hydrogen-bond donors (Lipinski definition) is 2. The highest BCUT2D eigenvalue weighted by atomic mass is 32.2. The molecule has 0 aliphatic rings. The Morgan fingerprint density at radius 2 is 1.83 bits per heavy atom. The van der Waals surface area contributed by atoms with Gasteiger partial charge in [0.25, 0.3) is 5.91 Å². The molecule has 6 heavy (non-hydrogen) atoms. The van der Waals surface area contributed by atoms with Gasteiger partial charge in [-0.05, 0) is 0 Å². The van der Waals surface area contributed by atoms with Crippen LogP contribution in [0.15, 0.2) is 0 Å². The molecule has 1 amide bonds. The molecule has 0 bridgehead atoms. The van der Waals surface area contributed by atoms with Crippen LogP contribution in [0.2, 0.25) is 0 Å². The predicted molar refractivity (Wildman–Crippen MR) is 29.9 cm³/mol. The van der Waals surface area contributed by atoms with Gasteiger partial charge in [-0.2, -0.15) is 25.3 Å². The van der Waals surface area contributed by atoms with Gasteiger partial charge in [-0.1, -0.05) is 0 Å². The van der Waals surface area contributed by atoms with E-state index in [9.17, 15) is 4.79 Å². The lowest BCUT2D eigenvalue weighted by Gasteiger charge is -1.87. The van der Waals surface area contributed by atoms with E-state index in [1.807, 2.05) is 0 Å². The van der Waals surface area contributed by atoms with Crippen LogP contribution in [-0.2, 0) is 4.79 Å². The van der Waals surface area contributed by atoms with E-state index < -0.39 is 10.5 Å². The number of thiol groups is 2. The zero-order chi connectivity index (χ0) is 5.15. The summed E-state index contributed by atoms with van der Waals surface area (Å²) in [5, 5.41) is 0. The second-order valence-corrected chi connectivity index (χ2v) is 2.18. The summed E-state index contributed by atoms with van der Waals surface area (Å²) < 4.78 is -0.731. The highest BCUT2D eigenvalue weighted by Crippen LogP contribution is 1.96. The van der Waals surface area contributed by atoms with Crippen LogP contribution in [0.4, 0.5) is 0 Å². The number of rotatable bonds is 1. The van der Waals surface area contributed by atoms with Crippen LogP contribution < -0.4 is 5.73 Å². The zero-order valence-corrected chi connectivity index (χ0v) is 4.67. The van der Waals surface area contributed by atoms with Gasteiger partial charge < -0.3 is 0 Å². The third kappa shape index (κ3) is 2.41. The lowest BCUT2D eigenvalue weighted by molar-refractivity contribution is -0.116. The Kier molecular flexibility index (Phi) is 2.43.